The molecular formula is C32H37N3O10. The van der Waals surface area contributed by atoms with Gasteiger partial charge in [-0.1, -0.05) is 26.8 Å². The zero-order valence-electron chi connectivity index (χ0n) is 25.6. The van der Waals surface area contributed by atoms with E-state index in [0.29, 0.717) is 36.4 Å². The Kier molecular flexibility index (Phi) is 9.24. The van der Waals surface area contributed by atoms with Crippen molar-refractivity contribution in [1.29, 1.82) is 0 Å². The maximum atomic E-state index is 13.9. The quantitative estimate of drug-likeness (QED) is 0.239. The minimum Gasteiger partial charge on any atom is -0.497 e. The number of likely N-dealkylation sites (tertiary alicyclic amines) is 1. The van der Waals surface area contributed by atoms with Crippen molar-refractivity contribution in [3.05, 3.63) is 59.7 Å². The van der Waals surface area contributed by atoms with Crippen LogP contribution in [-0.4, -0.2) is 88.3 Å². The van der Waals surface area contributed by atoms with Crippen LogP contribution in [0.3, 0.4) is 0 Å². The fraction of sp³-hybridized carbons (Fsp3) is 0.406. The summed E-state index contributed by atoms with van der Waals surface area (Å²) in [5.41, 5.74) is -2.67. The van der Waals surface area contributed by atoms with Crippen LogP contribution in [-0.2, 0) is 24.0 Å². The van der Waals surface area contributed by atoms with Gasteiger partial charge in [0.15, 0.2) is 0 Å². The molecule has 13 nitrogen and oxygen atoms in total. The van der Waals surface area contributed by atoms with Gasteiger partial charge >= 0.3 is 17.5 Å². The lowest BCUT2D eigenvalue weighted by molar-refractivity contribution is -0.180. The van der Waals surface area contributed by atoms with E-state index in [2.05, 4.69) is 5.32 Å². The van der Waals surface area contributed by atoms with Gasteiger partial charge in [0.1, 0.15) is 29.7 Å². The van der Waals surface area contributed by atoms with Crippen LogP contribution in [0.5, 0.6) is 11.5 Å². The van der Waals surface area contributed by atoms with Crippen molar-refractivity contribution in [2.45, 2.75) is 57.4 Å². The molecule has 2 aliphatic heterocycles. The molecule has 4 N–H and O–H groups in total. The summed E-state index contributed by atoms with van der Waals surface area (Å²) in [5.74, 6) is -4.42. The van der Waals surface area contributed by atoms with E-state index in [-0.39, 0.29) is 23.1 Å². The van der Waals surface area contributed by atoms with Crippen LogP contribution in [0.25, 0.3) is 6.08 Å². The highest BCUT2D eigenvalue weighted by atomic mass is 16.6. The van der Waals surface area contributed by atoms with Crippen LogP contribution in [0.4, 0.5) is 5.69 Å². The lowest BCUT2D eigenvalue weighted by atomic mass is 9.85. The Morgan fingerprint density at radius 2 is 1.73 bits per heavy atom. The highest BCUT2D eigenvalue weighted by molar-refractivity contribution is 6.04. The third kappa shape index (κ3) is 6.34. The summed E-state index contributed by atoms with van der Waals surface area (Å²) in [5, 5.41) is 32.2. The largest absolute Gasteiger partial charge is 0.497 e. The monoisotopic (exact) mass is 623 g/mol. The normalized spacial score (nSPS) is 19.4. The first-order valence-electron chi connectivity index (χ1n) is 14.3. The molecule has 0 saturated carbocycles. The summed E-state index contributed by atoms with van der Waals surface area (Å²) in [4.78, 5) is 66.8. The Morgan fingerprint density at radius 3 is 2.31 bits per heavy atom. The molecule has 45 heavy (non-hydrogen) atoms. The molecule has 0 aliphatic carbocycles. The number of carbonyl (C=O) groups is 5. The van der Waals surface area contributed by atoms with Gasteiger partial charge in [-0.05, 0) is 66.3 Å². The zero-order valence-corrected chi connectivity index (χ0v) is 25.6. The molecule has 13 heteroatoms. The molecular weight excluding hydrogens is 586 g/mol. The number of aliphatic hydroxyl groups is 1. The van der Waals surface area contributed by atoms with Gasteiger partial charge in [-0.2, -0.15) is 0 Å². The molecule has 4 rings (SSSR count). The van der Waals surface area contributed by atoms with E-state index in [4.69, 9.17) is 9.47 Å². The van der Waals surface area contributed by atoms with Crippen LogP contribution in [0.15, 0.2) is 48.5 Å². The van der Waals surface area contributed by atoms with E-state index >= 15 is 0 Å². The smallest absolute Gasteiger partial charge is 0.363 e. The molecule has 2 aliphatic rings. The van der Waals surface area contributed by atoms with E-state index < -0.39 is 47.0 Å². The first-order valence-corrected chi connectivity index (χ1v) is 14.3. The molecule has 0 bridgehead atoms. The number of aliphatic hydroxyl groups excluding tert-OH is 1. The Labute approximate surface area is 260 Å². The highest BCUT2D eigenvalue weighted by Gasteiger charge is 2.61. The molecule has 1 unspecified atom stereocenters. The number of carboxylic acids is 2. The summed E-state index contributed by atoms with van der Waals surface area (Å²) in [6, 6.07) is 9.41. The number of anilines is 1. The van der Waals surface area contributed by atoms with Crippen LogP contribution in [0.2, 0.25) is 0 Å². The number of methoxy groups -OCH3 is 1. The number of carbonyl (C=O) groups excluding carboxylic acids is 3. The Bertz CT molecular complexity index is 1510. The van der Waals surface area contributed by atoms with Gasteiger partial charge in [0.25, 0.3) is 0 Å². The Morgan fingerprint density at radius 1 is 1.09 bits per heavy atom. The lowest BCUT2D eigenvalue weighted by Crippen LogP contribution is -2.57. The topological polar surface area (TPSA) is 183 Å². The molecule has 2 heterocycles. The maximum Gasteiger partial charge on any atom is 0.363 e. The van der Waals surface area contributed by atoms with Crippen molar-refractivity contribution in [2.75, 3.05) is 25.6 Å². The number of hydrogen-bond acceptors (Lipinski definition) is 8. The fourth-order valence-electron chi connectivity index (χ4n) is 5.46. The number of rotatable bonds is 9. The van der Waals surface area contributed by atoms with Gasteiger partial charge < -0.3 is 39.9 Å². The zero-order chi connectivity index (χ0) is 33.3. The van der Waals surface area contributed by atoms with Crippen LogP contribution in [0.1, 0.15) is 50.8 Å². The number of nitrogens with one attached hydrogen (secondary N) is 1. The van der Waals surface area contributed by atoms with Gasteiger partial charge in [-0.25, -0.2) is 9.59 Å². The van der Waals surface area contributed by atoms with E-state index in [1.165, 1.54) is 40.2 Å². The number of benzene rings is 2. The van der Waals surface area contributed by atoms with E-state index in [0.717, 1.165) is 0 Å². The number of fused-ring (bicyclic) bond motifs is 1. The van der Waals surface area contributed by atoms with Crippen molar-refractivity contribution >= 4 is 41.4 Å². The predicted molar refractivity (Wildman–Crippen MR) is 162 cm³/mol. The fourth-order valence-corrected chi connectivity index (χ4v) is 5.46. The SMILES string of the molecule is COc1ccc(N(C)C(=O)[C@@H]2CCCN2C(=O)[C@@H](NC(=O)C=Cc2ccc3c(c2)C(O)C(C(=O)O)(C(=O)O)O3)C(C)(C)C)cc1. The second kappa shape index (κ2) is 12.6. The Hall–Kier alpha value is -4.91. The second-order valence-electron chi connectivity index (χ2n) is 12.1. The molecule has 1 fully saturated rings. The average Bonchev–Trinajstić information content (AvgIpc) is 3.61. The highest BCUT2D eigenvalue weighted by Crippen LogP contribution is 2.44. The Balaban J connectivity index is 1.48. The van der Waals surface area contributed by atoms with E-state index in [1.54, 1.807) is 59.2 Å². The molecule has 0 spiro atoms. The molecule has 3 atom stereocenters. The van der Waals surface area contributed by atoms with Crippen molar-refractivity contribution in [3.63, 3.8) is 0 Å². The van der Waals surface area contributed by atoms with Crippen molar-refractivity contribution in [1.82, 2.24) is 10.2 Å². The van der Waals surface area contributed by atoms with E-state index in [9.17, 15) is 39.3 Å². The van der Waals surface area contributed by atoms with Gasteiger partial charge in [0.2, 0.25) is 17.7 Å². The first kappa shape index (κ1) is 33.0. The summed E-state index contributed by atoms with van der Waals surface area (Å²) in [6.45, 7) is 5.76. The second-order valence-corrected chi connectivity index (χ2v) is 12.1. The van der Waals surface area contributed by atoms with Crippen molar-refractivity contribution in [2.24, 2.45) is 5.41 Å². The molecule has 0 radical (unpaired) electrons. The summed E-state index contributed by atoms with van der Waals surface area (Å²) in [7, 11) is 3.20. The van der Waals surface area contributed by atoms with Gasteiger partial charge in [-0.3, -0.25) is 14.4 Å². The third-order valence-electron chi connectivity index (χ3n) is 8.06. The average molecular weight is 624 g/mol. The molecule has 240 valence electrons. The molecule has 3 amide bonds. The number of amides is 3. The number of likely N-dealkylation sites (N-methyl/N-ethyl adjacent to an activating group) is 1. The number of hydrogen-bond donors (Lipinski definition) is 4. The van der Waals surface area contributed by atoms with Crippen molar-refractivity contribution in [3.8, 4) is 11.5 Å². The lowest BCUT2D eigenvalue weighted by Gasteiger charge is -2.36. The first-order chi connectivity index (χ1) is 21.1. The third-order valence-corrected chi connectivity index (χ3v) is 8.06. The number of ether oxygens (including phenoxy) is 2. The summed E-state index contributed by atoms with van der Waals surface area (Å²) >= 11 is 0. The minimum absolute atomic E-state index is 0.0607. The number of nitrogens with zero attached hydrogens (tertiary/aromatic N) is 2. The van der Waals surface area contributed by atoms with Crippen LogP contribution in [0, 0.1) is 5.41 Å². The van der Waals surface area contributed by atoms with Crippen molar-refractivity contribution < 1.29 is 48.8 Å². The van der Waals surface area contributed by atoms with Gasteiger partial charge in [0.05, 0.1) is 7.11 Å². The molecule has 2 aromatic carbocycles. The summed E-state index contributed by atoms with van der Waals surface area (Å²) < 4.78 is 10.3. The molecule has 0 aromatic heterocycles. The standard InChI is InChI=1S/C32H37N3O10/c1-31(2,3)25(28(39)35-16-6-7-22(35)27(38)34(4)19-10-12-20(44-5)13-11-19)33-24(36)15-9-18-8-14-23-21(17-18)26(37)32(45-23,29(40)41)30(42)43/h8-15,17,22,25-26,37H,6-7,16H2,1-5H3,(H,33,36)(H,40,41)(H,42,43)/t22-,25+,26?/m0/s1. The van der Waals surface area contributed by atoms with E-state index in [1.807, 2.05) is 0 Å². The molecule has 1 saturated heterocycles. The predicted octanol–water partition coefficient (Wildman–Crippen LogP) is 2.23. The van der Waals surface area contributed by atoms with Crippen LogP contribution < -0.4 is 19.7 Å². The minimum atomic E-state index is -2.89. The molecule has 2 aromatic rings. The van der Waals surface area contributed by atoms with Gasteiger partial charge in [0, 0.05) is 30.9 Å². The van der Waals surface area contributed by atoms with Gasteiger partial charge in [-0.15, -0.1) is 0 Å². The number of aliphatic carboxylic acids is 2. The summed E-state index contributed by atoms with van der Waals surface area (Å²) in [6.07, 6.45) is 1.66. The number of carboxylic acid groups (broad SMARTS) is 2. The maximum absolute atomic E-state index is 13.9. The van der Waals surface area contributed by atoms with Crippen LogP contribution >= 0.6 is 0 Å².